The third-order valence-electron chi connectivity index (χ3n) is 6.93. The molecule has 45 heavy (non-hydrogen) atoms. The average Bonchev–Trinajstić information content (AvgIpc) is 3.05. The van der Waals surface area contributed by atoms with E-state index in [1.165, 1.54) is 89.5 Å². The van der Waals surface area contributed by atoms with Gasteiger partial charge in [-0.15, -0.1) is 0 Å². The normalized spacial score (nSPS) is 10.8. The van der Waals surface area contributed by atoms with Crippen molar-refractivity contribution in [1.82, 2.24) is 5.32 Å². The van der Waals surface area contributed by atoms with E-state index >= 15 is 0 Å². The lowest BCUT2D eigenvalue weighted by molar-refractivity contribution is -0.155. The molecule has 0 fully saturated rings. The number of aliphatic hydroxyl groups is 1. The molecule has 1 atom stereocenters. The van der Waals surface area contributed by atoms with Crippen LogP contribution in [0.2, 0.25) is 0 Å². The Hall–Kier alpha value is -1.81. The number of rotatable bonds is 29. The average molecular weight is 664 g/mol. The molecule has 9 nitrogen and oxygen atoms in total. The molecular formula is C35H69NO8S. The minimum absolute atomic E-state index is 0.0837. The van der Waals surface area contributed by atoms with Crippen LogP contribution in [0.4, 0.5) is 0 Å². The minimum Gasteiger partial charge on any atom is -0.468 e. The number of carbonyl (C=O) groups excluding carboxylic acids is 4. The van der Waals surface area contributed by atoms with Gasteiger partial charge in [-0.25, -0.2) is 0 Å². The number of amides is 1. The zero-order valence-electron chi connectivity index (χ0n) is 29.8. The summed E-state index contributed by atoms with van der Waals surface area (Å²) in [6.45, 7) is 8.54. The summed E-state index contributed by atoms with van der Waals surface area (Å²) in [5, 5.41) is 9.49. The first-order valence-corrected chi connectivity index (χ1v) is 18.8. The molecule has 268 valence electrons. The Labute approximate surface area is 280 Å². The Balaban J connectivity index is -0.00000422. The molecular weight excluding hydrogens is 594 g/mol. The molecule has 0 aromatic carbocycles. The van der Waals surface area contributed by atoms with E-state index in [4.69, 9.17) is 14.6 Å². The molecule has 0 saturated carbocycles. The molecule has 0 aliphatic carbocycles. The van der Waals surface area contributed by atoms with Crippen molar-refractivity contribution in [2.24, 2.45) is 0 Å². The molecule has 0 aliphatic heterocycles. The first-order valence-electron chi connectivity index (χ1n) is 17.6. The number of carbonyl (C=O) groups is 4. The second kappa shape index (κ2) is 40.2. The number of esters is 3. The molecule has 0 aromatic heterocycles. The lowest BCUT2D eigenvalue weighted by Crippen LogP contribution is -2.30. The second-order valence-corrected chi connectivity index (χ2v) is 12.0. The SMILES string of the molecule is CC.CCCCCCCCCCCC(CC(=O)OCCSCCC(=O)NCC(=O)OC)OC(=O)CCCCCCCCC.CO. The number of hydrogen-bond acceptors (Lipinski definition) is 9. The van der Waals surface area contributed by atoms with E-state index in [0.29, 0.717) is 24.3 Å². The van der Waals surface area contributed by atoms with Gasteiger partial charge in [0.2, 0.25) is 5.91 Å². The number of hydrogen-bond donors (Lipinski definition) is 2. The van der Waals surface area contributed by atoms with Gasteiger partial charge in [0.15, 0.2) is 0 Å². The maximum absolute atomic E-state index is 12.5. The molecule has 0 bridgehead atoms. The molecule has 0 aromatic rings. The zero-order chi connectivity index (χ0) is 34.4. The molecule has 0 heterocycles. The van der Waals surface area contributed by atoms with Gasteiger partial charge in [0.05, 0.1) is 13.5 Å². The monoisotopic (exact) mass is 663 g/mol. The maximum atomic E-state index is 12.5. The Morgan fingerprint density at radius 2 is 1.18 bits per heavy atom. The minimum atomic E-state index is -0.488. The molecule has 0 spiro atoms. The predicted octanol–water partition coefficient (Wildman–Crippen LogP) is 7.94. The highest BCUT2D eigenvalue weighted by atomic mass is 32.2. The second-order valence-electron chi connectivity index (χ2n) is 10.7. The Morgan fingerprint density at radius 3 is 1.71 bits per heavy atom. The topological polar surface area (TPSA) is 128 Å². The summed E-state index contributed by atoms with van der Waals surface area (Å²) < 4.78 is 15.6. The van der Waals surface area contributed by atoms with Crippen LogP contribution >= 0.6 is 11.8 Å². The molecule has 0 rings (SSSR count). The van der Waals surface area contributed by atoms with Gasteiger partial charge in [-0.2, -0.15) is 11.8 Å². The quantitative estimate of drug-likeness (QED) is 0.0466. The smallest absolute Gasteiger partial charge is 0.325 e. The fraction of sp³-hybridized carbons (Fsp3) is 0.886. The highest BCUT2D eigenvalue weighted by Crippen LogP contribution is 2.17. The number of nitrogens with one attached hydrogen (secondary N) is 1. The summed E-state index contributed by atoms with van der Waals surface area (Å²) in [7, 11) is 2.27. The summed E-state index contributed by atoms with van der Waals surface area (Å²) in [6, 6.07) is 0. The van der Waals surface area contributed by atoms with Crippen LogP contribution in [0.1, 0.15) is 156 Å². The van der Waals surface area contributed by atoms with Crippen molar-refractivity contribution >= 4 is 35.6 Å². The van der Waals surface area contributed by atoms with Gasteiger partial charge in [0.1, 0.15) is 19.3 Å². The van der Waals surface area contributed by atoms with Gasteiger partial charge < -0.3 is 24.6 Å². The Kier molecular flexibility index (Phi) is 42.5. The Bertz CT molecular complexity index is 678. The highest BCUT2D eigenvalue weighted by molar-refractivity contribution is 7.99. The largest absolute Gasteiger partial charge is 0.468 e. The van der Waals surface area contributed by atoms with Crippen molar-refractivity contribution in [3.8, 4) is 0 Å². The Morgan fingerprint density at radius 1 is 0.667 bits per heavy atom. The maximum Gasteiger partial charge on any atom is 0.325 e. The molecule has 2 N–H and O–H groups in total. The van der Waals surface area contributed by atoms with Gasteiger partial charge >= 0.3 is 17.9 Å². The predicted molar refractivity (Wildman–Crippen MR) is 186 cm³/mol. The van der Waals surface area contributed by atoms with Crippen molar-refractivity contribution in [2.75, 3.05) is 38.9 Å². The van der Waals surface area contributed by atoms with E-state index in [-0.39, 0.29) is 43.8 Å². The van der Waals surface area contributed by atoms with E-state index in [1.54, 1.807) is 0 Å². The van der Waals surface area contributed by atoms with Crippen LogP contribution in [-0.2, 0) is 33.4 Å². The lowest BCUT2D eigenvalue weighted by Gasteiger charge is -2.17. The summed E-state index contributed by atoms with van der Waals surface area (Å²) in [5.74, 6) is -0.159. The van der Waals surface area contributed by atoms with Crippen molar-refractivity contribution in [3.63, 3.8) is 0 Å². The highest BCUT2D eigenvalue weighted by Gasteiger charge is 2.19. The number of ether oxygens (including phenoxy) is 3. The zero-order valence-corrected chi connectivity index (χ0v) is 30.6. The van der Waals surface area contributed by atoms with Gasteiger partial charge in [-0.3, -0.25) is 19.2 Å². The van der Waals surface area contributed by atoms with Gasteiger partial charge in [-0.1, -0.05) is 118 Å². The van der Waals surface area contributed by atoms with Crippen molar-refractivity contribution in [2.45, 2.75) is 162 Å². The van der Waals surface area contributed by atoms with Crippen LogP contribution in [0.25, 0.3) is 0 Å². The van der Waals surface area contributed by atoms with Crippen LogP contribution in [-0.4, -0.2) is 73.9 Å². The number of unbranched alkanes of at least 4 members (excludes halogenated alkanes) is 14. The van der Waals surface area contributed by atoms with Crippen molar-refractivity contribution < 1.29 is 38.5 Å². The fourth-order valence-electron chi connectivity index (χ4n) is 4.41. The van der Waals surface area contributed by atoms with Gasteiger partial charge in [0.25, 0.3) is 0 Å². The number of aliphatic hydroxyl groups excluding tert-OH is 1. The lowest BCUT2D eigenvalue weighted by atomic mass is 10.0. The third-order valence-corrected chi connectivity index (χ3v) is 7.88. The fourth-order valence-corrected chi connectivity index (χ4v) is 5.15. The van der Waals surface area contributed by atoms with Gasteiger partial charge in [-0.05, 0) is 19.3 Å². The molecule has 1 amide bonds. The first kappa shape index (κ1) is 47.6. The van der Waals surface area contributed by atoms with E-state index in [2.05, 4.69) is 23.9 Å². The van der Waals surface area contributed by atoms with E-state index < -0.39 is 12.1 Å². The summed E-state index contributed by atoms with van der Waals surface area (Å²) in [6.07, 6.45) is 19.9. The molecule has 10 heteroatoms. The van der Waals surface area contributed by atoms with E-state index in [0.717, 1.165) is 39.2 Å². The van der Waals surface area contributed by atoms with E-state index in [9.17, 15) is 19.2 Å². The number of thioether (sulfide) groups is 1. The standard InChI is InChI=1S/C32H59NO7S.C2H6.CH4O/c1-4-6-8-10-12-13-15-16-18-20-28(40-30(35)21-19-17-14-11-9-7-5-2)26-31(36)39-23-25-41-24-22-29(34)33-27-32(37)38-3;2*1-2/h28H,4-27H2,1-3H3,(H,33,34);1-2H3;2H,1H3. The number of methoxy groups -OCH3 is 1. The summed E-state index contributed by atoms with van der Waals surface area (Å²) in [4.78, 5) is 47.7. The molecule has 1 unspecified atom stereocenters. The van der Waals surface area contributed by atoms with Crippen molar-refractivity contribution in [3.05, 3.63) is 0 Å². The van der Waals surface area contributed by atoms with Crippen molar-refractivity contribution in [1.29, 1.82) is 0 Å². The molecule has 0 radical (unpaired) electrons. The molecule has 0 aliphatic rings. The van der Waals surface area contributed by atoms with Crippen LogP contribution in [0.5, 0.6) is 0 Å². The van der Waals surface area contributed by atoms with E-state index in [1.807, 2.05) is 13.8 Å². The van der Waals surface area contributed by atoms with Gasteiger partial charge in [0, 0.05) is 31.5 Å². The van der Waals surface area contributed by atoms with Crippen LogP contribution < -0.4 is 5.32 Å². The summed E-state index contributed by atoms with van der Waals surface area (Å²) in [5.41, 5.74) is 0. The first-order chi connectivity index (χ1) is 21.9. The summed E-state index contributed by atoms with van der Waals surface area (Å²) >= 11 is 1.50. The van der Waals surface area contributed by atoms with Crippen LogP contribution in [0, 0.1) is 0 Å². The van der Waals surface area contributed by atoms with Crippen LogP contribution in [0.3, 0.4) is 0 Å². The third kappa shape index (κ3) is 38.3. The van der Waals surface area contributed by atoms with Crippen LogP contribution in [0.15, 0.2) is 0 Å². The molecule has 0 saturated heterocycles.